The Bertz CT molecular complexity index is 1940. The summed E-state index contributed by atoms with van der Waals surface area (Å²) in [6.07, 6.45) is 3.72. The molecule has 2 heterocycles. The molecule has 6 aromatic rings. The van der Waals surface area contributed by atoms with Crippen molar-refractivity contribution in [3.63, 3.8) is 0 Å². The number of ether oxygens (including phenoxy) is 2. The van der Waals surface area contributed by atoms with Gasteiger partial charge in [0, 0.05) is 11.1 Å². The summed E-state index contributed by atoms with van der Waals surface area (Å²) < 4.78 is 15.6. The third-order valence-corrected chi connectivity index (χ3v) is 7.00. The van der Waals surface area contributed by atoms with Crippen LogP contribution >= 0.6 is 24.4 Å². The minimum Gasteiger partial charge on any atom is -0.491 e. The SMILES string of the molecule is CC(C)Oc1cccc(-c2n[nH]c(=S)n2N=Cc2ccccc2)c1.CC(C)Oc1cccc(-c2n[nH]c(=S)n2N=Cc2ccccc2)c1. The number of H-pyrrole nitrogens is 2. The van der Waals surface area contributed by atoms with Gasteiger partial charge in [-0.25, -0.2) is 10.2 Å². The molecule has 0 amide bonds. The van der Waals surface area contributed by atoms with Crippen LogP contribution in [0, 0.1) is 9.54 Å². The van der Waals surface area contributed by atoms with Crippen LogP contribution in [0.5, 0.6) is 11.5 Å². The lowest BCUT2D eigenvalue weighted by molar-refractivity contribution is 0.242. The zero-order valence-electron chi connectivity index (χ0n) is 27.0. The number of hydrogen-bond donors (Lipinski definition) is 2. The smallest absolute Gasteiger partial charge is 0.216 e. The molecule has 0 unspecified atom stereocenters. The van der Waals surface area contributed by atoms with Crippen molar-refractivity contribution in [1.82, 2.24) is 29.7 Å². The van der Waals surface area contributed by atoms with E-state index in [4.69, 9.17) is 33.9 Å². The van der Waals surface area contributed by atoms with E-state index < -0.39 is 0 Å². The second-order valence-electron chi connectivity index (χ2n) is 11.0. The number of rotatable bonds is 10. The maximum Gasteiger partial charge on any atom is 0.216 e. The van der Waals surface area contributed by atoms with Gasteiger partial charge in [-0.05, 0) is 87.5 Å². The lowest BCUT2D eigenvalue weighted by Crippen LogP contribution is -2.05. The summed E-state index contributed by atoms with van der Waals surface area (Å²) in [7, 11) is 0. The number of nitrogens with zero attached hydrogens (tertiary/aromatic N) is 6. The zero-order valence-corrected chi connectivity index (χ0v) is 28.7. The van der Waals surface area contributed by atoms with Gasteiger partial charge >= 0.3 is 0 Å². The molecule has 4 aromatic carbocycles. The van der Waals surface area contributed by atoms with Gasteiger partial charge in [0.1, 0.15) is 11.5 Å². The molecular weight excluding hydrogens is 641 g/mol. The van der Waals surface area contributed by atoms with Gasteiger partial charge in [0.2, 0.25) is 9.54 Å². The number of hydrogen-bond acceptors (Lipinski definition) is 8. The van der Waals surface area contributed by atoms with Gasteiger partial charge in [-0.2, -0.15) is 29.8 Å². The van der Waals surface area contributed by atoms with Gasteiger partial charge in [0.25, 0.3) is 0 Å². The van der Waals surface area contributed by atoms with Crippen LogP contribution in [0.15, 0.2) is 119 Å². The van der Waals surface area contributed by atoms with Gasteiger partial charge in [-0.15, -0.1) is 0 Å². The van der Waals surface area contributed by atoms with Crippen molar-refractivity contribution in [2.75, 3.05) is 0 Å². The fraction of sp³-hybridized carbons (Fsp3) is 0.167. The Kier molecular flexibility index (Phi) is 11.6. The molecule has 0 saturated carbocycles. The van der Waals surface area contributed by atoms with Crippen LogP contribution in [0.2, 0.25) is 0 Å². The Morgan fingerprint density at radius 3 is 1.35 bits per heavy atom. The molecule has 0 aliphatic heterocycles. The van der Waals surface area contributed by atoms with E-state index in [0.717, 1.165) is 33.8 Å². The van der Waals surface area contributed by atoms with Gasteiger partial charge < -0.3 is 9.47 Å². The molecule has 0 aliphatic rings. The van der Waals surface area contributed by atoms with Crippen LogP contribution < -0.4 is 9.47 Å². The van der Waals surface area contributed by atoms with E-state index >= 15 is 0 Å². The van der Waals surface area contributed by atoms with E-state index in [9.17, 15) is 0 Å². The quantitative estimate of drug-likeness (QED) is 0.111. The van der Waals surface area contributed by atoms with E-state index in [-0.39, 0.29) is 12.2 Å². The first-order chi connectivity index (χ1) is 23.3. The van der Waals surface area contributed by atoms with Crippen molar-refractivity contribution in [2.24, 2.45) is 10.2 Å². The van der Waals surface area contributed by atoms with Crippen LogP contribution in [-0.2, 0) is 0 Å². The largest absolute Gasteiger partial charge is 0.491 e. The van der Waals surface area contributed by atoms with E-state index in [1.54, 1.807) is 21.8 Å². The van der Waals surface area contributed by atoms with Gasteiger partial charge in [-0.3, -0.25) is 0 Å². The third-order valence-electron chi connectivity index (χ3n) is 6.47. The average Bonchev–Trinajstić information content (AvgIpc) is 3.65. The topological polar surface area (TPSA) is 110 Å². The summed E-state index contributed by atoms with van der Waals surface area (Å²) in [5, 5.41) is 23.1. The molecule has 0 fully saturated rings. The van der Waals surface area contributed by atoms with E-state index in [1.165, 1.54) is 0 Å². The fourth-order valence-electron chi connectivity index (χ4n) is 4.46. The van der Waals surface area contributed by atoms with Crippen LogP contribution in [0.25, 0.3) is 22.8 Å². The minimum atomic E-state index is 0.108. The van der Waals surface area contributed by atoms with Crippen molar-refractivity contribution < 1.29 is 9.47 Å². The van der Waals surface area contributed by atoms with E-state index in [2.05, 4.69) is 30.6 Å². The first kappa shape index (κ1) is 33.9. The summed E-state index contributed by atoms with van der Waals surface area (Å²) >= 11 is 10.6. The second kappa shape index (κ2) is 16.4. The molecule has 10 nitrogen and oxygen atoms in total. The number of aromatic amines is 2. The highest BCUT2D eigenvalue weighted by molar-refractivity contribution is 7.71. The molecule has 0 radical (unpaired) electrons. The standard InChI is InChI=1S/2C18H18N4OS/c2*1-13(2)23-16-10-6-9-15(11-16)17-20-21-18(24)22(17)19-12-14-7-4-3-5-8-14/h2*3-13H,1-2H3,(H,21,24). The van der Waals surface area contributed by atoms with Crippen LogP contribution in [0.3, 0.4) is 0 Å². The first-order valence-electron chi connectivity index (χ1n) is 15.3. The lowest BCUT2D eigenvalue weighted by atomic mass is 10.2. The van der Waals surface area contributed by atoms with E-state index in [1.807, 2.05) is 137 Å². The molecule has 48 heavy (non-hydrogen) atoms. The predicted octanol–water partition coefficient (Wildman–Crippen LogP) is 8.55. The Balaban J connectivity index is 0.000000188. The highest BCUT2D eigenvalue weighted by atomic mass is 32.1. The Morgan fingerprint density at radius 1 is 0.583 bits per heavy atom. The molecule has 0 atom stereocenters. The number of benzene rings is 4. The zero-order chi connectivity index (χ0) is 33.9. The molecule has 2 N–H and O–H groups in total. The normalized spacial score (nSPS) is 11.3. The second-order valence-corrected chi connectivity index (χ2v) is 11.8. The van der Waals surface area contributed by atoms with Crippen LogP contribution in [0.4, 0.5) is 0 Å². The number of nitrogens with one attached hydrogen (secondary N) is 2. The third kappa shape index (κ3) is 9.30. The first-order valence-corrected chi connectivity index (χ1v) is 16.2. The van der Waals surface area contributed by atoms with Gasteiger partial charge in [0.05, 0.1) is 24.6 Å². The summed E-state index contributed by atoms with van der Waals surface area (Å²) in [5.41, 5.74) is 3.74. The maximum atomic E-state index is 5.74. The average molecular weight is 677 g/mol. The van der Waals surface area contributed by atoms with Gasteiger partial charge in [0.15, 0.2) is 11.6 Å². The summed E-state index contributed by atoms with van der Waals surface area (Å²) in [6, 6.07) is 35.1. The van der Waals surface area contributed by atoms with Crippen molar-refractivity contribution in [1.29, 1.82) is 0 Å². The molecule has 244 valence electrons. The molecule has 2 aromatic heterocycles. The summed E-state index contributed by atoms with van der Waals surface area (Å²) in [4.78, 5) is 0. The van der Waals surface area contributed by atoms with E-state index in [0.29, 0.717) is 21.2 Å². The molecule has 0 aliphatic carbocycles. The van der Waals surface area contributed by atoms with Gasteiger partial charge in [-0.1, -0.05) is 84.9 Å². The maximum absolute atomic E-state index is 5.74. The molecule has 6 rings (SSSR count). The highest BCUT2D eigenvalue weighted by Crippen LogP contribution is 2.24. The van der Waals surface area contributed by atoms with Crippen molar-refractivity contribution >= 4 is 36.9 Å². The Morgan fingerprint density at radius 2 is 0.979 bits per heavy atom. The molecule has 0 spiro atoms. The Labute approximate surface area is 289 Å². The van der Waals surface area contributed by atoms with Crippen molar-refractivity contribution in [3.05, 3.63) is 130 Å². The number of aromatic nitrogens is 6. The molecular formula is C36H36N8O2S2. The Hall–Kier alpha value is -5.46. The summed E-state index contributed by atoms with van der Waals surface area (Å²) in [5.74, 6) is 2.85. The summed E-state index contributed by atoms with van der Waals surface area (Å²) in [6.45, 7) is 7.97. The van der Waals surface area contributed by atoms with Crippen molar-refractivity contribution in [2.45, 2.75) is 39.9 Å². The monoisotopic (exact) mass is 676 g/mol. The van der Waals surface area contributed by atoms with Crippen LogP contribution in [0.1, 0.15) is 38.8 Å². The molecule has 0 saturated heterocycles. The fourth-order valence-corrected chi connectivity index (χ4v) is 4.82. The predicted molar refractivity (Wildman–Crippen MR) is 196 cm³/mol. The molecule has 12 heteroatoms. The van der Waals surface area contributed by atoms with Crippen LogP contribution in [-0.4, -0.2) is 54.4 Å². The lowest BCUT2D eigenvalue weighted by Gasteiger charge is -2.10. The minimum absolute atomic E-state index is 0.108. The molecule has 0 bridgehead atoms. The highest BCUT2D eigenvalue weighted by Gasteiger charge is 2.11. The van der Waals surface area contributed by atoms with Crippen molar-refractivity contribution in [3.8, 4) is 34.3 Å².